The Balaban J connectivity index is 1.34. The lowest BCUT2D eigenvalue weighted by molar-refractivity contribution is -0.384. The van der Waals surface area contributed by atoms with Gasteiger partial charge in [-0.3, -0.25) is 19.7 Å². The van der Waals surface area contributed by atoms with Gasteiger partial charge in [-0.15, -0.1) is 11.3 Å². The van der Waals surface area contributed by atoms with Crippen LogP contribution in [0.2, 0.25) is 0 Å². The van der Waals surface area contributed by atoms with Crippen molar-refractivity contribution in [3.05, 3.63) is 103 Å². The summed E-state index contributed by atoms with van der Waals surface area (Å²) < 4.78 is 0. The zero-order chi connectivity index (χ0) is 25.2. The summed E-state index contributed by atoms with van der Waals surface area (Å²) in [5.74, 6) is -0.272. The van der Waals surface area contributed by atoms with Crippen LogP contribution < -0.4 is 0 Å². The molecule has 1 aromatic heterocycles. The summed E-state index contributed by atoms with van der Waals surface area (Å²) in [7, 11) is 0. The Morgan fingerprint density at radius 3 is 2.50 bits per heavy atom. The monoisotopic (exact) mass is 501 g/mol. The van der Waals surface area contributed by atoms with Crippen molar-refractivity contribution < 1.29 is 14.5 Å². The molecule has 1 saturated carbocycles. The standard InChI is InChI=1S/C28H27N3O4S/c1-19-2-7-21(8-3-19)28-24-15-17-36-25(24)14-16-29(28)27(33)18-30(22-11-12-22)26(32)13-6-20-4-9-23(10-5-20)31(34)35/h2-10,13,15,17,22,28H,11-12,14,16,18H2,1H3/b13-6+. The molecule has 1 aliphatic carbocycles. The zero-order valence-electron chi connectivity index (χ0n) is 20.0. The molecule has 0 bridgehead atoms. The topological polar surface area (TPSA) is 83.8 Å². The van der Waals surface area contributed by atoms with E-state index in [9.17, 15) is 19.7 Å². The van der Waals surface area contributed by atoms with Gasteiger partial charge in [0.25, 0.3) is 5.69 Å². The van der Waals surface area contributed by atoms with Gasteiger partial charge in [-0.25, -0.2) is 0 Å². The number of rotatable bonds is 7. The number of carbonyl (C=O) groups excluding carboxylic acids is 2. The van der Waals surface area contributed by atoms with E-state index in [2.05, 4.69) is 35.7 Å². The van der Waals surface area contributed by atoms with Crippen LogP contribution in [0.1, 0.15) is 46.0 Å². The largest absolute Gasteiger partial charge is 0.330 e. The number of nitro groups is 1. The normalized spacial score (nSPS) is 17.1. The van der Waals surface area contributed by atoms with Crippen LogP contribution in [0, 0.1) is 17.0 Å². The summed E-state index contributed by atoms with van der Waals surface area (Å²) in [6.07, 6.45) is 5.69. The highest BCUT2D eigenvalue weighted by Gasteiger charge is 2.37. The molecule has 3 aromatic rings. The number of amides is 2. The molecular formula is C28H27N3O4S. The Morgan fingerprint density at radius 2 is 1.83 bits per heavy atom. The third kappa shape index (κ3) is 5.09. The maximum absolute atomic E-state index is 13.7. The van der Waals surface area contributed by atoms with Gasteiger partial charge in [0.15, 0.2) is 0 Å². The van der Waals surface area contributed by atoms with E-state index in [1.807, 2.05) is 11.8 Å². The smallest absolute Gasteiger partial charge is 0.269 e. The highest BCUT2D eigenvalue weighted by molar-refractivity contribution is 7.10. The summed E-state index contributed by atoms with van der Waals surface area (Å²) in [4.78, 5) is 42.0. The third-order valence-electron chi connectivity index (χ3n) is 6.78. The summed E-state index contributed by atoms with van der Waals surface area (Å²) in [5, 5.41) is 12.9. The minimum Gasteiger partial charge on any atom is -0.330 e. The molecule has 2 aromatic carbocycles. The second kappa shape index (κ2) is 10.1. The zero-order valence-corrected chi connectivity index (χ0v) is 20.8. The van der Waals surface area contributed by atoms with E-state index in [1.165, 1.54) is 34.2 Å². The van der Waals surface area contributed by atoms with Crippen molar-refractivity contribution in [1.29, 1.82) is 0 Å². The van der Waals surface area contributed by atoms with Crippen molar-refractivity contribution >= 4 is 34.9 Å². The van der Waals surface area contributed by atoms with Crippen LogP contribution in [0.15, 0.2) is 66.1 Å². The molecule has 8 heteroatoms. The number of fused-ring (bicyclic) bond motifs is 1. The minimum absolute atomic E-state index is 0.00197. The Kier molecular flexibility index (Phi) is 6.69. The first-order valence-corrected chi connectivity index (χ1v) is 12.9. The van der Waals surface area contributed by atoms with Gasteiger partial charge in [0.1, 0.15) is 6.54 Å². The van der Waals surface area contributed by atoms with Crippen molar-refractivity contribution in [3.8, 4) is 0 Å². The van der Waals surface area contributed by atoms with Crippen molar-refractivity contribution in [1.82, 2.24) is 9.80 Å². The van der Waals surface area contributed by atoms with E-state index in [0.717, 1.165) is 24.8 Å². The SMILES string of the molecule is Cc1ccc(C2c3ccsc3CCN2C(=O)CN(C(=O)/C=C/c2ccc([N+](=O)[O-])cc2)C2CC2)cc1. The van der Waals surface area contributed by atoms with Crippen LogP contribution in [0.4, 0.5) is 5.69 Å². The molecule has 1 unspecified atom stereocenters. The maximum atomic E-state index is 13.7. The molecule has 0 spiro atoms. The van der Waals surface area contributed by atoms with Gasteiger partial charge in [-0.05, 0) is 72.5 Å². The lowest BCUT2D eigenvalue weighted by Crippen LogP contribution is -2.47. The van der Waals surface area contributed by atoms with Crippen LogP contribution >= 0.6 is 11.3 Å². The number of hydrogen-bond donors (Lipinski definition) is 0. The quantitative estimate of drug-likeness (QED) is 0.255. The summed E-state index contributed by atoms with van der Waals surface area (Å²) in [6, 6.07) is 16.4. The lowest BCUT2D eigenvalue weighted by Gasteiger charge is -2.37. The van der Waals surface area contributed by atoms with E-state index >= 15 is 0 Å². The van der Waals surface area contributed by atoms with Crippen LogP contribution in [0.25, 0.3) is 6.08 Å². The van der Waals surface area contributed by atoms with Crippen LogP contribution in [0.5, 0.6) is 0 Å². The molecule has 1 atom stereocenters. The van der Waals surface area contributed by atoms with Gasteiger partial charge in [0.2, 0.25) is 11.8 Å². The van der Waals surface area contributed by atoms with E-state index in [0.29, 0.717) is 12.1 Å². The first-order chi connectivity index (χ1) is 17.4. The fourth-order valence-corrected chi connectivity index (χ4v) is 5.58. The van der Waals surface area contributed by atoms with Gasteiger partial charge in [-0.1, -0.05) is 29.8 Å². The molecule has 2 amide bonds. The molecule has 2 aliphatic rings. The van der Waals surface area contributed by atoms with Gasteiger partial charge in [-0.2, -0.15) is 0 Å². The fourth-order valence-electron chi connectivity index (χ4n) is 4.67. The molecule has 0 N–H and O–H groups in total. The van der Waals surface area contributed by atoms with Crippen LogP contribution in [-0.4, -0.2) is 45.7 Å². The minimum atomic E-state index is -0.456. The fraction of sp³-hybridized carbons (Fsp3) is 0.286. The maximum Gasteiger partial charge on any atom is 0.269 e. The van der Waals surface area contributed by atoms with Crippen LogP contribution in [-0.2, 0) is 16.0 Å². The van der Waals surface area contributed by atoms with Gasteiger partial charge < -0.3 is 9.80 Å². The summed E-state index contributed by atoms with van der Waals surface area (Å²) in [5.41, 5.74) is 4.11. The van der Waals surface area contributed by atoms with Crippen molar-refractivity contribution in [3.63, 3.8) is 0 Å². The number of benzene rings is 2. The van der Waals surface area contributed by atoms with Crippen molar-refractivity contribution in [2.75, 3.05) is 13.1 Å². The number of aryl methyl sites for hydroxylation is 1. The number of thiophene rings is 1. The van der Waals surface area contributed by atoms with Gasteiger partial charge in [0.05, 0.1) is 11.0 Å². The Hall–Kier alpha value is -3.78. The first-order valence-electron chi connectivity index (χ1n) is 12.1. The molecule has 36 heavy (non-hydrogen) atoms. The predicted octanol–water partition coefficient (Wildman–Crippen LogP) is 5.14. The Labute approximate surface area is 213 Å². The third-order valence-corrected chi connectivity index (χ3v) is 7.77. The number of nitro benzene ring substituents is 1. The van der Waals surface area contributed by atoms with Crippen LogP contribution in [0.3, 0.4) is 0 Å². The second-order valence-corrected chi connectivity index (χ2v) is 10.3. The number of nitrogens with zero attached hydrogens (tertiary/aromatic N) is 3. The average Bonchev–Trinajstić information content (AvgIpc) is 3.61. The lowest BCUT2D eigenvalue weighted by atomic mass is 9.92. The van der Waals surface area contributed by atoms with Gasteiger partial charge in [0, 0.05) is 35.7 Å². The van der Waals surface area contributed by atoms with Crippen molar-refractivity contribution in [2.45, 2.75) is 38.3 Å². The van der Waals surface area contributed by atoms with Crippen molar-refractivity contribution in [2.24, 2.45) is 0 Å². The van der Waals surface area contributed by atoms with E-state index in [-0.39, 0.29) is 36.1 Å². The van der Waals surface area contributed by atoms with E-state index in [4.69, 9.17) is 0 Å². The molecular weight excluding hydrogens is 474 g/mol. The second-order valence-electron chi connectivity index (χ2n) is 9.33. The average molecular weight is 502 g/mol. The molecule has 2 heterocycles. The summed E-state index contributed by atoms with van der Waals surface area (Å²) in [6.45, 7) is 2.71. The highest BCUT2D eigenvalue weighted by Crippen LogP contribution is 2.38. The van der Waals surface area contributed by atoms with E-state index < -0.39 is 4.92 Å². The first kappa shape index (κ1) is 23.9. The highest BCUT2D eigenvalue weighted by atomic mass is 32.1. The Morgan fingerprint density at radius 1 is 1.11 bits per heavy atom. The molecule has 1 aliphatic heterocycles. The van der Waals surface area contributed by atoms with Gasteiger partial charge >= 0.3 is 0 Å². The molecule has 184 valence electrons. The molecule has 0 saturated heterocycles. The predicted molar refractivity (Wildman–Crippen MR) is 140 cm³/mol. The Bertz CT molecular complexity index is 1310. The molecule has 0 radical (unpaired) electrons. The number of non-ortho nitro benzene ring substituents is 1. The number of carbonyl (C=O) groups is 2. The molecule has 5 rings (SSSR count). The summed E-state index contributed by atoms with van der Waals surface area (Å²) >= 11 is 1.73. The van der Waals surface area contributed by atoms with E-state index in [1.54, 1.807) is 34.4 Å². The molecule has 1 fully saturated rings. The molecule has 7 nitrogen and oxygen atoms in total. The number of hydrogen-bond acceptors (Lipinski definition) is 5.